The highest BCUT2D eigenvalue weighted by Crippen LogP contribution is 2.36. The summed E-state index contributed by atoms with van der Waals surface area (Å²) in [6.45, 7) is 1.90. The highest BCUT2D eigenvalue weighted by molar-refractivity contribution is 8.15. The molecule has 2 N–H and O–H groups in total. The molecule has 0 bridgehead atoms. The maximum Gasteiger partial charge on any atom is 0.426 e. The Morgan fingerprint density at radius 2 is 2.35 bits per heavy atom. The molecule has 96 valence electrons. The Balaban J connectivity index is 2.07. The average molecular weight is 279 g/mol. The van der Waals surface area contributed by atoms with Crippen molar-refractivity contribution >= 4 is 32.9 Å². The molecule has 0 unspecified atom stereocenters. The molecule has 9 heteroatoms. The summed E-state index contributed by atoms with van der Waals surface area (Å²) < 4.78 is 27.6. The molecule has 2 aliphatic rings. The molecular formula is C8H13N3O4S2. The Bertz CT molecular complexity index is 450. The van der Waals surface area contributed by atoms with Gasteiger partial charge in [-0.15, -0.1) is 0 Å². The first-order valence-electron chi connectivity index (χ1n) is 5.11. The largest absolute Gasteiger partial charge is 0.449 e. The fraction of sp³-hybridized carbons (Fsp3) is 0.750. The van der Waals surface area contributed by atoms with Gasteiger partial charge in [0.25, 0.3) is 0 Å². The molecule has 0 aromatic heterocycles. The van der Waals surface area contributed by atoms with E-state index in [1.165, 1.54) is 16.8 Å². The van der Waals surface area contributed by atoms with E-state index < -0.39 is 15.9 Å². The van der Waals surface area contributed by atoms with E-state index in [1.54, 1.807) is 6.92 Å². The molecule has 0 spiro atoms. The first-order chi connectivity index (χ1) is 7.93. The standard InChI is InChI=1S/C8H13N3O4S2/c1-2-15-8(12)10-11-5-3-17(13,14)4-6(5)16-7(11)9/h5-6,9H,2-4H2,1H3,(H,10,12)/t5-,6+/m1/s1. The summed E-state index contributed by atoms with van der Waals surface area (Å²) in [5, 5.41) is 8.96. The number of rotatable bonds is 2. The van der Waals surface area contributed by atoms with Crippen molar-refractivity contribution in [1.82, 2.24) is 10.4 Å². The summed E-state index contributed by atoms with van der Waals surface area (Å²) in [7, 11) is -3.06. The number of nitrogens with zero attached hydrogens (tertiary/aromatic N) is 1. The molecule has 0 aliphatic carbocycles. The average Bonchev–Trinajstić information content (AvgIpc) is 2.62. The zero-order chi connectivity index (χ0) is 12.6. The van der Waals surface area contributed by atoms with Crippen molar-refractivity contribution in [3.63, 3.8) is 0 Å². The fourth-order valence-electron chi connectivity index (χ4n) is 1.90. The Morgan fingerprint density at radius 3 is 3.00 bits per heavy atom. The lowest BCUT2D eigenvalue weighted by molar-refractivity contribution is 0.125. The topological polar surface area (TPSA) is 99.6 Å². The minimum atomic E-state index is -3.06. The van der Waals surface area contributed by atoms with Gasteiger partial charge < -0.3 is 4.74 Å². The number of amidine groups is 1. The van der Waals surface area contributed by atoms with Gasteiger partial charge in [-0.3, -0.25) is 10.4 Å². The molecule has 1 amide bonds. The Hall–Kier alpha value is -0.960. The number of carbonyl (C=O) groups is 1. The molecule has 2 saturated heterocycles. The predicted molar refractivity (Wildman–Crippen MR) is 63.5 cm³/mol. The second kappa shape index (κ2) is 4.37. The van der Waals surface area contributed by atoms with Gasteiger partial charge in [0, 0.05) is 5.25 Å². The second-order valence-electron chi connectivity index (χ2n) is 3.81. The number of sulfone groups is 1. The van der Waals surface area contributed by atoms with Crippen LogP contribution in [0, 0.1) is 5.41 Å². The molecular weight excluding hydrogens is 266 g/mol. The minimum Gasteiger partial charge on any atom is -0.449 e. The normalized spacial score (nSPS) is 30.2. The van der Waals surface area contributed by atoms with Crippen LogP contribution in [0.3, 0.4) is 0 Å². The maximum atomic E-state index is 11.5. The zero-order valence-corrected chi connectivity index (χ0v) is 10.8. The van der Waals surface area contributed by atoms with Crippen molar-refractivity contribution in [2.45, 2.75) is 18.2 Å². The molecule has 0 radical (unpaired) electrons. The van der Waals surface area contributed by atoms with Crippen LogP contribution in [0.5, 0.6) is 0 Å². The molecule has 0 aromatic carbocycles. The third kappa shape index (κ3) is 2.49. The molecule has 7 nitrogen and oxygen atoms in total. The number of thioether (sulfide) groups is 1. The van der Waals surface area contributed by atoms with E-state index in [0.717, 1.165) is 0 Å². The van der Waals surface area contributed by atoms with Crippen molar-refractivity contribution in [1.29, 1.82) is 5.41 Å². The lowest BCUT2D eigenvalue weighted by atomic mass is 10.2. The third-order valence-corrected chi connectivity index (χ3v) is 5.70. The first-order valence-corrected chi connectivity index (χ1v) is 7.81. The molecule has 0 aromatic rings. The number of amides is 1. The minimum absolute atomic E-state index is 0.0283. The number of ether oxygens (including phenoxy) is 1. The van der Waals surface area contributed by atoms with Crippen LogP contribution in [0.15, 0.2) is 0 Å². The number of nitrogens with one attached hydrogen (secondary N) is 2. The molecule has 2 heterocycles. The van der Waals surface area contributed by atoms with Crippen LogP contribution in [0.1, 0.15) is 6.92 Å². The molecule has 17 heavy (non-hydrogen) atoms. The van der Waals surface area contributed by atoms with E-state index in [1.807, 2.05) is 0 Å². The Kier molecular flexibility index (Phi) is 3.21. The van der Waals surface area contributed by atoms with Crippen LogP contribution < -0.4 is 5.43 Å². The molecule has 2 aliphatic heterocycles. The van der Waals surface area contributed by atoms with Gasteiger partial charge in [0.2, 0.25) is 0 Å². The molecule has 2 rings (SSSR count). The number of fused-ring (bicyclic) bond motifs is 1. The fourth-order valence-corrected chi connectivity index (χ4v) is 5.63. The highest BCUT2D eigenvalue weighted by atomic mass is 32.2. The van der Waals surface area contributed by atoms with Gasteiger partial charge in [0.15, 0.2) is 15.0 Å². The van der Waals surface area contributed by atoms with Gasteiger partial charge in [-0.1, -0.05) is 11.8 Å². The molecule has 2 fully saturated rings. The monoisotopic (exact) mass is 279 g/mol. The van der Waals surface area contributed by atoms with E-state index in [-0.39, 0.29) is 34.6 Å². The van der Waals surface area contributed by atoms with E-state index in [2.05, 4.69) is 5.43 Å². The van der Waals surface area contributed by atoms with Crippen LogP contribution in [0.2, 0.25) is 0 Å². The number of hydrogen-bond acceptors (Lipinski definition) is 6. The molecule has 2 atom stereocenters. The Labute approximate surface area is 103 Å². The van der Waals surface area contributed by atoms with Gasteiger partial charge in [0.1, 0.15) is 0 Å². The summed E-state index contributed by atoms with van der Waals surface area (Å²) in [5.41, 5.74) is 2.40. The molecule has 0 saturated carbocycles. The summed E-state index contributed by atoms with van der Waals surface area (Å²) in [6, 6.07) is -0.359. The lowest BCUT2D eigenvalue weighted by Crippen LogP contribution is -2.49. The van der Waals surface area contributed by atoms with Gasteiger partial charge in [-0.05, 0) is 6.92 Å². The number of carbonyl (C=O) groups excluding carboxylic acids is 1. The van der Waals surface area contributed by atoms with Crippen molar-refractivity contribution in [2.75, 3.05) is 18.1 Å². The van der Waals surface area contributed by atoms with Crippen molar-refractivity contribution in [3.8, 4) is 0 Å². The van der Waals surface area contributed by atoms with Crippen LogP contribution in [0.25, 0.3) is 0 Å². The van der Waals surface area contributed by atoms with Crippen molar-refractivity contribution in [3.05, 3.63) is 0 Å². The smallest absolute Gasteiger partial charge is 0.426 e. The SMILES string of the molecule is CCOC(=O)NN1C(=N)S[C@H]2CS(=O)(=O)C[C@H]21. The number of hydrogen-bond donors (Lipinski definition) is 2. The lowest BCUT2D eigenvalue weighted by Gasteiger charge is -2.23. The van der Waals surface area contributed by atoms with Gasteiger partial charge in [-0.2, -0.15) is 0 Å². The van der Waals surface area contributed by atoms with Crippen LogP contribution in [-0.4, -0.2) is 54.1 Å². The van der Waals surface area contributed by atoms with Gasteiger partial charge >= 0.3 is 6.09 Å². The van der Waals surface area contributed by atoms with Gasteiger partial charge in [0.05, 0.1) is 24.2 Å². The summed E-state index contributed by atoms with van der Waals surface area (Å²) in [6.07, 6.45) is -0.664. The zero-order valence-electron chi connectivity index (χ0n) is 9.17. The third-order valence-electron chi connectivity index (χ3n) is 2.57. The van der Waals surface area contributed by atoms with E-state index in [9.17, 15) is 13.2 Å². The second-order valence-corrected chi connectivity index (χ2v) is 7.19. The van der Waals surface area contributed by atoms with Crippen LogP contribution in [-0.2, 0) is 14.6 Å². The van der Waals surface area contributed by atoms with Crippen LogP contribution in [0.4, 0.5) is 4.79 Å². The summed E-state index contributed by atoms with van der Waals surface area (Å²) in [5.74, 6) is 0.0329. The van der Waals surface area contributed by atoms with E-state index >= 15 is 0 Å². The van der Waals surface area contributed by atoms with Gasteiger partial charge in [-0.25, -0.2) is 18.6 Å². The number of hydrazine groups is 1. The predicted octanol–water partition coefficient (Wildman–Crippen LogP) is -0.203. The quantitative estimate of drug-likeness (QED) is 0.726. The summed E-state index contributed by atoms with van der Waals surface area (Å²) in [4.78, 5) is 11.3. The Morgan fingerprint density at radius 1 is 1.65 bits per heavy atom. The first kappa shape index (κ1) is 12.5. The highest BCUT2D eigenvalue weighted by Gasteiger charge is 2.49. The van der Waals surface area contributed by atoms with Crippen molar-refractivity contribution < 1.29 is 17.9 Å². The summed E-state index contributed by atoms with van der Waals surface area (Å²) >= 11 is 1.17. The van der Waals surface area contributed by atoms with Crippen LogP contribution >= 0.6 is 11.8 Å². The van der Waals surface area contributed by atoms with E-state index in [0.29, 0.717) is 0 Å². The maximum absolute atomic E-state index is 11.5. The van der Waals surface area contributed by atoms with E-state index in [4.69, 9.17) is 10.1 Å². The van der Waals surface area contributed by atoms with Crippen molar-refractivity contribution in [2.24, 2.45) is 0 Å².